The molecule has 0 bridgehead atoms. The highest BCUT2D eigenvalue weighted by atomic mass is 16.4. The molecule has 0 aromatic carbocycles. The zero-order valence-electron chi connectivity index (χ0n) is 10.7. The number of amides is 2. The molecule has 6 heteroatoms. The molecule has 0 heterocycles. The summed E-state index contributed by atoms with van der Waals surface area (Å²) in [6.45, 7) is 3.77. The second-order valence-electron chi connectivity index (χ2n) is 4.13. The molecule has 18 heavy (non-hydrogen) atoms. The number of primary amides is 1. The Morgan fingerprint density at radius 2 is 1.94 bits per heavy atom. The molecule has 0 aromatic heterocycles. The molecule has 0 spiro atoms. The summed E-state index contributed by atoms with van der Waals surface area (Å²) < 4.78 is 0. The van der Waals surface area contributed by atoms with Crippen molar-refractivity contribution < 1.29 is 19.5 Å². The predicted octanol–water partition coefficient (Wildman–Crippen LogP) is -0.767. The second-order valence-corrected chi connectivity index (χ2v) is 4.13. The van der Waals surface area contributed by atoms with E-state index in [1.54, 1.807) is 6.92 Å². The number of hydrogen-bond acceptors (Lipinski definition) is 4. The van der Waals surface area contributed by atoms with Crippen LogP contribution in [0.3, 0.4) is 0 Å². The highest BCUT2D eigenvalue weighted by molar-refractivity contribution is 5.91. The van der Waals surface area contributed by atoms with Gasteiger partial charge in [0.05, 0.1) is 12.0 Å². The van der Waals surface area contributed by atoms with Gasteiger partial charge in [-0.3, -0.25) is 9.59 Å². The van der Waals surface area contributed by atoms with Crippen molar-refractivity contribution in [2.24, 2.45) is 5.73 Å². The van der Waals surface area contributed by atoms with E-state index in [2.05, 4.69) is 5.32 Å². The van der Waals surface area contributed by atoms with E-state index in [0.717, 1.165) is 18.4 Å². The maximum atomic E-state index is 11.5. The third-order valence-electron chi connectivity index (χ3n) is 2.30. The van der Waals surface area contributed by atoms with Crippen molar-refractivity contribution in [3.05, 3.63) is 11.6 Å². The molecule has 0 fully saturated rings. The highest BCUT2D eigenvalue weighted by Gasteiger charge is 2.13. The minimum absolute atomic E-state index is 0.0654. The van der Waals surface area contributed by atoms with Crippen LogP contribution in [-0.2, 0) is 14.4 Å². The Morgan fingerprint density at radius 3 is 2.39 bits per heavy atom. The van der Waals surface area contributed by atoms with E-state index < -0.39 is 23.8 Å². The van der Waals surface area contributed by atoms with Gasteiger partial charge in [0.25, 0.3) is 0 Å². The Labute approximate surface area is 106 Å². The van der Waals surface area contributed by atoms with Gasteiger partial charge in [-0.15, -0.1) is 0 Å². The molecule has 0 unspecified atom stereocenters. The van der Waals surface area contributed by atoms with Crippen LogP contribution in [0.25, 0.3) is 0 Å². The lowest BCUT2D eigenvalue weighted by Gasteiger charge is -2.18. The van der Waals surface area contributed by atoms with Gasteiger partial charge in [0.2, 0.25) is 11.8 Å². The Hall–Kier alpha value is -1.85. The average molecular weight is 255 g/mol. The van der Waals surface area contributed by atoms with Gasteiger partial charge in [-0.1, -0.05) is 18.9 Å². The third kappa shape index (κ3) is 7.43. The van der Waals surface area contributed by atoms with E-state index in [0.29, 0.717) is 0 Å². The number of nitrogens with one attached hydrogen (secondary N) is 1. The van der Waals surface area contributed by atoms with Crippen LogP contribution in [0, 0.1) is 0 Å². The largest absolute Gasteiger partial charge is 0.548 e. The van der Waals surface area contributed by atoms with Gasteiger partial charge in [0.15, 0.2) is 0 Å². The number of carboxylic acids is 1. The molecule has 0 saturated carbocycles. The molecule has 6 nitrogen and oxygen atoms in total. The van der Waals surface area contributed by atoms with E-state index >= 15 is 0 Å². The number of carboxylic acid groups (broad SMARTS) is 1. The third-order valence-corrected chi connectivity index (χ3v) is 2.30. The van der Waals surface area contributed by atoms with Crippen molar-refractivity contribution in [1.29, 1.82) is 0 Å². The molecule has 3 N–H and O–H groups in total. The van der Waals surface area contributed by atoms with E-state index in [1.807, 2.05) is 6.92 Å². The summed E-state index contributed by atoms with van der Waals surface area (Å²) in [5, 5.41) is 13.0. The lowest BCUT2D eigenvalue weighted by molar-refractivity contribution is -0.308. The van der Waals surface area contributed by atoms with E-state index in [9.17, 15) is 19.5 Å². The summed E-state index contributed by atoms with van der Waals surface area (Å²) in [6, 6.07) is -1.20. The summed E-state index contributed by atoms with van der Waals surface area (Å²) in [5.41, 5.74) is 5.78. The van der Waals surface area contributed by atoms with Gasteiger partial charge in [0.1, 0.15) is 0 Å². The van der Waals surface area contributed by atoms with Gasteiger partial charge in [-0.05, 0) is 19.8 Å². The van der Waals surface area contributed by atoms with Crippen molar-refractivity contribution in [3.8, 4) is 0 Å². The fourth-order valence-electron chi connectivity index (χ4n) is 1.44. The summed E-state index contributed by atoms with van der Waals surface area (Å²) >= 11 is 0. The van der Waals surface area contributed by atoms with Crippen LogP contribution in [0.15, 0.2) is 11.6 Å². The summed E-state index contributed by atoms with van der Waals surface area (Å²) in [6.07, 6.45) is 2.84. The molecule has 0 aromatic rings. The molecule has 1 atom stereocenters. The first-order chi connectivity index (χ1) is 8.36. The first-order valence-corrected chi connectivity index (χ1v) is 5.83. The first kappa shape index (κ1) is 16.1. The summed E-state index contributed by atoms with van der Waals surface area (Å²) in [4.78, 5) is 32.8. The van der Waals surface area contributed by atoms with E-state index in [1.165, 1.54) is 6.08 Å². The molecule has 0 aliphatic heterocycles. The molecule has 2 amide bonds. The molecular formula is C12H19N2O4-. The van der Waals surface area contributed by atoms with E-state index in [4.69, 9.17) is 5.73 Å². The van der Waals surface area contributed by atoms with Crippen LogP contribution in [0.5, 0.6) is 0 Å². The fraction of sp³-hybridized carbons (Fsp3) is 0.583. The Balaban J connectivity index is 4.41. The molecular weight excluding hydrogens is 236 g/mol. The predicted molar refractivity (Wildman–Crippen MR) is 64.0 cm³/mol. The van der Waals surface area contributed by atoms with Gasteiger partial charge in [0, 0.05) is 12.5 Å². The molecule has 0 saturated heterocycles. The number of hydrogen-bond donors (Lipinski definition) is 2. The van der Waals surface area contributed by atoms with Gasteiger partial charge in [-0.25, -0.2) is 0 Å². The number of carbonyl (C=O) groups is 3. The van der Waals surface area contributed by atoms with Gasteiger partial charge >= 0.3 is 0 Å². The van der Waals surface area contributed by atoms with Gasteiger partial charge in [-0.2, -0.15) is 0 Å². The molecule has 102 valence electrons. The number of aliphatic carboxylic acids is 1. The minimum atomic E-state index is -1.42. The molecule has 0 aliphatic carbocycles. The van der Waals surface area contributed by atoms with Crippen LogP contribution in [0.2, 0.25) is 0 Å². The van der Waals surface area contributed by atoms with Crippen LogP contribution in [-0.4, -0.2) is 23.8 Å². The lowest BCUT2D eigenvalue weighted by Crippen LogP contribution is -2.47. The highest BCUT2D eigenvalue weighted by Crippen LogP contribution is 2.03. The zero-order valence-corrected chi connectivity index (χ0v) is 10.7. The molecule has 0 rings (SSSR count). The maximum Gasteiger partial charge on any atom is 0.244 e. The van der Waals surface area contributed by atoms with Crippen molar-refractivity contribution in [2.75, 3.05) is 0 Å². The van der Waals surface area contributed by atoms with E-state index in [-0.39, 0.29) is 12.8 Å². The average Bonchev–Trinajstić information content (AvgIpc) is 2.23. The van der Waals surface area contributed by atoms with Crippen molar-refractivity contribution in [3.63, 3.8) is 0 Å². The Bertz CT molecular complexity index is 350. The SMILES string of the molecule is CCC/C(C)=C/C(=O)N[C@@H](CCC(N)=O)C(=O)[O-]. The quantitative estimate of drug-likeness (QED) is 0.555. The van der Waals surface area contributed by atoms with Crippen LogP contribution >= 0.6 is 0 Å². The summed E-state index contributed by atoms with van der Waals surface area (Å²) in [7, 11) is 0. The molecule has 0 aliphatic rings. The van der Waals surface area contributed by atoms with Crippen LogP contribution in [0.4, 0.5) is 0 Å². The van der Waals surface area contributed by atoms with Crippen molar-refractivity contribution in [2.45, 2.75) is 45.6 Å². The van der Waals surface area contributed by atoms with Crippen molar-refractivity contribution in [1.82, 2.24) is 5.32 Å². The maximum absolute atomic E-state index is 11.5. The number of rotatable bonds is 8. The molecule has 0 radical (unpaired) electrons. The standard InChI is InChI=1S/C12H20N2O4/c1-3-4-8(2)7-11(16)14-9(12(17)18)5-6-10(13)15/h7,9H,3-6H2,1-2H3,(H2,13,15)(H,14,16)(H,17,18)/p-1/b8-7+/t9-/m0/s1. The number of allylic oxidation sites excluding steroid dienone is 1. The summed E-state index contributed by atoms with van der Waals surface area (Å²) in [5.74, 6) is -2.54. The Morgan fingerprint density at radius 1 is 1.33 bits per heavy atom. The normalized spacial score (nSPS) is 12.9. The zero-order chi connectivity index (χ0) is 14.1. The number of carbonyl (C=O) groups excluding carboxylic acids is 3. The smallest absolute Gasteiger partial charge is 0.244 e. The second kappa shape index (κ2) is 8.27. The number of nitrogens with two attached hydrogens (primary N) is 1. The minimum Gasteiger partial charge on any atom is -0.548 e. The van der Waals surface area contributed by atoms with Crippen molar-refractivity contribution >= 4 is 17.8 Å². The van der Waals surface area contributed by atoms with Crippen LogP contribution in [0.1, 0.15) is 39.5 Å². The lowest BCUT2D eigenvalue weighted by atomic mass is 10.1. The topological polar surface area (TPSA) is 112 Å². The fourth-order valence-corrected chi connectivity index (χ4v) is 1.44. The van der Waals surface area contributed by atoms with Gasteiger partial charge < -0.3 is 21.0 Å². The Kier molecular flexibility index (Phi) is 7.42. The first-order valence-electron chi connectivity index (χ1n) is 5.83. The van der Waals surface area contributed by atoms with Crippen LogP contribution < -0.4 is 16.2 Å². The monoisotopic (exact) mass is 255 g/mol.